The summed E-state index contributed by atoms with van der Waals surface area (Å²) in [6, 6.07) is 0. The summed E-state index contributed by atoms with van der Waals surface area (Å²) in [7, 11) is -3.66. The van der Waals surface area contributed by atoms with Crippen LogP contribution in [-0.4, -0.2) is 224 Å². The molecule has 13 aliphatic carbocycles. The normalized spacial score (nSPS) is 34.0. The number of ether oxygens (including phenoxy) is 16. The Bertz CT molecular complexity index is 4990. The van der Waals surface area contributed by atoms with E-state index in [4.69, 9.17) is 75.2 Å². The molecular weight excluding hydrogens is 1900 g/mol. The molecule has 1 N–H and O–H groups in total. The van der Waals surface area contributed by atoms with Crippen LogP contribution in [-0.2, 0) is 162 Å². The zero-order valence-corrected chi connectivity index (χ0v) is 88.7. The molecule has 22 fully saturated rings. The van der Waals surface area contributed by atoms with Crippen LogP contribution >= 0.6 is 0 Å². The van der Waals surface area contributed by atoms with E-state index in [1.54, 1.807) is 48.5 Å². The van der Waals surface area contributed by atoms with Crippen LogP contribution in [0.1, 0.15) is 310 Å². The van der Waals surface area contributed by atoms with Gasteiger partial charge in [0.1, 0.15) is 58.7 Å². The average molecular weight is 2060 g/mol. The summed E-state index contributed by atoms with van der Waals surface area (Å²) < 4.78 is 112. The van der Waals surface area contributed by atoms with Crippen LogP contribution in [0.3, 0.4) is 0 Å². The number of hydrogen-bond donors (Lipinski definition) is 1. The van der Waals surface area contributed by atoms with Crippen LogP contribution < -0.4 is 0 Å². The molecule has 808 valence electrons. The van der Waals surface area contributed by atoms with Crippen molar-refractivity contribution in [2.45, 2.75) is 405 Å². The van der Waals surface area contributed by atoms with Gasteiger partial charge in [-0.1, -0.05) is 74.1 Å². The van der Waals surface area contributed by atoms with Crippen molar-refractivity contribution in [1.82, 2.24) is 0 Å². The third-order valence-electron chi connectivity index (χ3n) is 33.0. The van der Waals surface area contributed by atoms with Crippen LogP contribution in [0.4, 0.5) is 0 Å². The predicted octanol–water partition coefficient (Wildman–Crippen LogP) is 14.7. The Kier molecular flexibility index (Phi) is 37.8. The van der Waals surface area contributed by atoms with Crippen LogP contribution in [0, 0.1) is 87.3 Å². The summed E-state index contributed by atoms with van der Waals surface area (Å²) in [5.41, 5.74) is -0.234. The molecule has 9 aliphatic heterocycles. The number of esters is 15. The molecule has 0 aromatic carbocycles. The first kappa shape index (κ1) is 116. The second-order valence-electron chi connectivity index (χ2n) is 46.1. The van der Waals surface area contributed by atoms with Crippen molar-refractivity contribution >= 4 is 99.7 Å². The smallest absolute Gasteiger partial charge is 0.347 e. The summed E-state index contributed by atoms with van der Waals surface area (Å²) in [5.74, 6) is -1.16. The summed E-state index contributed by atoms with van der Waals surface area (Å²) in [6.07, 6.45) is 21.2. The van der Waals surface area contributed by atoms with E-state index in [1.165, 1.54) is 85.5 Å². The van der Waals surface area contributed by atoms with Gasteiger partial charge in [0.25, 0.3) is 10.1 Å². The molecule has 9 heterocycles. The molecule has 35 nitrogen and oxygen atoms in total. The van der Waals surface area contributed by atoms with E-state index in [0.29, 0.717) is 91.6 Å². The number of cyclic esters (lactones) is 2. The van der Waals surface area contributed by atoms with Gasteiger partial charge in [-0.05, 0) is 304 Å². The highest BCUT2D eigenvalue weighted by molar-refractivity contribution is 7.87. The predicted molar refractivity (Wildman–Crippen MR) is 520 cm³/mol. The van der Waals surface area contributed by atoms with Crippen molar-refractivity contribution in [2.75, 3.05) is 26.4 Å². The fraction of sp³-hybridized carbons (Fsp3) is 0.752. The quantitative estimate of drug-likeness (QED) is 0.0345. The number of hydrogen-bond acceptors (Lipinski definition) is 35. The van der Waals surface area contributed by atoms with Gasteiger partial charge in [0, 0.05) is 70.0 Å². The minimum absolute atomic E-state index is 0.0503. The molecule has 145 heavy (non-hydrogen) atoms. The molecule has 0 radical (unpaired) electrons. The maximum Gasteiger partial charge on any atom is 0.347 e. The van der Waals surface area contributed by atoms with E-state index < -0.39 is 153 Å². The Hall–Kier alpha value is -9.68. The fourth-order valence-corrected chi connectivity index (χ4v) is 26.5. The Morgan fingerprint density at radius 1 is 0.448 bits per heavy atom. The number of carbonyl (C=O) groups is 15. The van der Waals surface area contributed by atoms with E-state index in [1.807, 2.05) is 13.8 Å². The number of aliphatic hydroxyl groups is 1. The van der Waals surface area contributed by atoms with Gasteiger partial charge >= 0.3 is 89.5 Å². The fourth-order valence-electron chi connectivity index (χ4n) is 24.9. The van der Waals surface area contributed by atoms with Crippen LogP contribution in [0.2, 0.25) is 0 Å². The molecule has 0 amide bonds. The molecule has 9 saturated heterocycles. The molecule has 21 atom stereocenters. The van der Waals surface area contributed by atoms with Crippen LogP contribution in [0.5, 0.6) is 0 Å². The lowest BCUT2D eigenvalue weighted by molar-refractivity contribution is -0.217. The van der Waals surface area contributed by atoms with Crippen molar-refractivity contribution in [3.05, 3.63) is 72.9 Å². The molecule has 22 aliphatic rings. The first-order valence-corrected chi connectivity index (χ1v) is 53.5. The van der Waals surface area contributed by atoms with E-state index >= 15 is 0 Å². The Labute approximate surface area is 852 Å². The number of carbonyl (C=O) groups excluding carboxylic acids is 15. The zero-order valence-electron chi connectivity index (χ0n) is 87.9. The average Bonchev–Trinajstić information content (AvgIpc) is 1.55. The minimum Gasteiger partial charge on any atom is -0.463 e. The van der Waals surface area contributed by atoms with Gasteiger partial charge in [-0.2, -0.15) is 8.42 Å². The summed E-state index contributed by atoms with van der Waals surface area (Å²) >= 11 is 0. The van der Waals surface area contributed by atoms with E-state index in [0.717, 1.165) is 114 Å². The standard InChI is InChI=1S/C18H26O6.C18H28O2.C16H20O6.C14H20O3.C13H16O8S.C12H20O2.C10H16O4.C8H10O4/c1-4-18(2,3)17(21)22-9-14(19)24-15-11-5-10-6-12(8-11)16(20)23-13(15)7-10;1-5-17(4,20-16(19)12(2)3)18-9-13-6-14(10-18)8-15(7-13)11-18;1-8(2)15(18)20-7-13(17)22-14-10-3-9-4-11(6-10)16(19)21-12(14)5-9;1-9(2)12(15)17-14-6-10-3-11(7-14)5-13(16,4-10)8-14;1-5(2)12(14)18-6(3)13(15)20-9-7-4-8-10(19-7)11(9)21-22(8,16)17;1-9(2)11(13)14-12(10(3)4)7-5-6-8-12;1-4-10(2,3)9(12)14-7-5-6-13-8(7)11;1-5(2)7(9)12-6-3-4-11-8(6)10/h10-13,15H,4-9H2,1-3H3;13-15H,2,5-11H2,1,3-4H3;9-12,14H,1,3-7H2,2H3;10-11,16H,1,3-8H2,2H3;6-11H,1,4H2,2-3H3;10H,1,5-8H2,2-4H3;7H,4-6H2,1-3H3;6H,1,3-4H2,2H3. The molecule has 13 saturated carbocycles. The van der Waals surface area contributed by atoms with Gasteiger partial charge < -0.3 is 80.9 Å². The Morgan fingerprint density at radius 2 is 0.897 bits per heavy atom. The molecule has 0 spiro atoms. The zero-order chi connectivity index (χ0) is 107. The lowest BCUT2D eigenvalue weighted by atomic mass is 9.45. The van der Waals surface area contributed by atoms with E-state index in [-0.39, 0.29) is 118 Å². The summed E-state index contributed by atoms with van der Waals surface area (Å²) in [6.45, 7) is 51.6. The molecule has 36 heteroatoms. The van der Waals surface area contributed by atoms with Crippen molar-refractivity contribution in [2.24, 2.45) is 87.3 Å². The van der Waals surface area contributed by atoms with Gasteiger partial charge in [0.15, 0.2) is 25.4 Å². The second-order valence-corrected chi connectivity index (χ2v) is 47.8. The molecule has 0 aromatic heterocycles. The molecular formula is C109H156O35S. The topological polar surface area (TPSA) is 467 Å². The largest absolute Gasteiger partial charge is 0.463 e. The third kappa shape index (κ3) is 28.3. The SMILES string of the molecule is C=C(C)C(=O)OC(C)(CC)C12CC3CC(CC(C3)C1)C2.C=C(C)C(=O)OC(C)C(=O)OC1C2CC3C(O2)C1OS3(=O)=O.C=C(C)C(=O)OC1(C(C)C)CCCC1.C=C(C)C(=O)OC12CC3CC(CC(O)(C3)C1)C2.C=C(C)C(=O)OC1CCOC1=O.C=C(C)C(=O)OCC(=O)OC1C2CC3CC(C2)C(=O)OC1C3.CCC(C)(C)C(=O)OC1CCOC1=O.CCC(C)(C)C(=O)OCC(=O)OC1C2CC3CC(C2)C(=O)OC1C3. The summed E-state index contributed by atoms with van der Waals surface area (Å²) in [4.78, 5) is 174. The van der Waals surface area contributed by atoms with Gasteiger partial charge in [-0.15, -0.1) is 0 Å². The highest BCUT2D eigenvalue weighted by Crippen LogP contribution is 2.66. The maximum atomic E-state index is 12.1. The van der Waals surface area contributed by atoms with E-state index in [9.17, 15) is 85.4 Å². The van der Waals surface area contributed by atoms with Crippen molar-refractivity contribution in [3.63, 3.8) is 0 Å². The molecule has 0 aromatic rings. The van der Waals surface area contributed by atoms with Gasteiger partial charge in [0.2, 0.25) is 12.2 Å². The second kappa shape index (κ2) is 47.4. The number of rotatable bonds is 27. The van der Waals surface area contributed by atoms with Crippen LogP contribution in [0.25, 0.3) is 0 Å². The van der Waals surface area contributed by atoms with Crippen molar-refractivity contribution < 1.29 is 165 Å². The summed E-state index contributed by atoms with van der Waals surface area (Å²) in [5, 5.41) is 9.82. The maximum absolute atomic E-state index is 12.1. The molecule has 22 rings (SSSR count). The van der Waals surface area contributed by atoms with E-state index in [2.05, 4.69) is 71.9 Å². The van der Waals surface area contributed by atoms with Gasteiger partial charge in [0.05, 0.1) is 47.6 Å². The third-order valence-corrected chi connectivity index (χ3v) is 34.7. The minimum atomic E-state index is -3.66. The van der Waals surface area contributed by atoms with Gasteiger partial charge in [-0.3, -0.25) is 23.4 Å². The first-order valence-electron chi connectivity index (χ1n) is 52.0. The van der Waals surface area contributed by atoms with Crippen LogP contribution in [0.15, 0.2) is 72.9 Å². The number of fused-ring (bicyclic) bond motifs is 3. The first-order chi connectivity index (χ1) is 67.8. The lowest BCUT2D eigenvalue weighted by Crippen LogP contribution is -2.60. The Balaban J connectivity index is 0.000000159. The van der Waals surface area contributed by atoms with Gasteiger partial charge in [-0.25, -0.2) is 52.7 Å². The monoisotopic (exact) mass is 2060 g/mol. The highest BCUT2D eigenvalue weighted by atomic mass is 32.2. The molecule has 21 unspecified atom stereocenters. The molecule has 18 bridgehead atoms. The van der Waals surface area contributed by atoms with Crippen molar-refractivity contribution in [1.29, 1.82) is 0 Å². The Morgan fingerprint density at radius 3 is 1.33 bits per heavy atom. The lowest BCUT2D eigenvalue weighted by Gasteiger charge is -2.62. The highest BCUT2D eigenvalue weighted by Gasteiger charge is 2.68. The van der Waals surface area contributed by atoms with Crippen molar-refractivity contribution in [3.8, 4) is 0 Å².